The van der Waals surface area contributed by atoms with Crippen molar-refractivity contribution in [2.45, 2.75) is 13.5 Å². The first-order valence-electron chi connectivity index (χ1n) is 6.70. The van der Waals surface area contributed by atoms with Crippen molar-refractivity contribution in [3.63, 3.8) is 0 Å². The van der Waals surface area contributed by atoms with Gasteiger partial charge < -0.3 is 28.5 Å². The second-order valence-corrected chi connectivity index (χ2v) is 4.26. The fraction of sp³-hybridized carbons (Fsp3) is 0.643. The van der Waals surface area contributed by atoms with Gasteiger partial charge >= 0.3 is 5.97 Å². The highest BCUT2D eigenvalue weighted by atomic mass is 16.6. The molecule has 0 fully saturated rings. The van der Waals surface area contributed by atoms with Crippen molar-refractivity contribution in [2.75, 3.05) is 46.8 Å². The van der Waals surface area contributed by atoms with Gasteiger partial charge in [-0.1, -0.05) is 0 Å². The van der Waals surface area contributed by atoms with Crippen LogP contribution >= 0.6 is 0 Å². The van der Waals surface area contributed by atoms with Crippen LogP contribution in [0.1, 0.15) is 21.9 Å². The maximum absolute atomic E-state index is 10.8. The van der Waals surface area contributed by atoms with E-state index in [1.807, 2.05) is 0 Å². The van der Waals surface area contributed by atoms with Crippen molar-refractivity contribution in [2.24, 2.45) is 0 Å². The van der Waals surface area contributed by atoms with Crippen LogP contribution in [-0.2, 0) is 25.6 Å². The number of rotatable bonds is 12. The van der Waals surface area contributed by atoms with Crippen LogP contribution in [-0.4, -0.2) is 57.8 Å². The molecular formula is C14H22O7. The lowest BCUT2D eigenvalue weighted by Crippen LogP contribution is -2.11. The number of carboxylic acids is 1. The Morgan fingerprint density at radius 2 is 1.67 bits per heavy atom. The van der Waals surface area contributed by atoms with Crippen LogP contribution in [0.25, 0.3) is 0 Å². The van der Waals surface area contributed by atoms with E-state index in [0.717, 1.165) is 0 Å². The Balaban J connectivity index is 2.02. The van der Waals surface area contributed by atoms with E-state index in [9.17, 15) is 4.79 Å². The fourth-order valence-electron chi connectivity index (χ4n) is 1.58. The van der Waals surface area contributed by atoms with E-state index in [0.29, 0.717) is 51.2 Å². The maximum atomic E-state index is 10.8. The summed E-state index contributed by atoms with van der Waals surface area (Å²) in [7, 11) is 1.62. The zero-order valence-corrected chi connectivity index (χ0v) is 12.4. The minimum absolute atomic E-state index is 0.165. The van der Waals surface area contributed by atoms with E-state index < -0.39 is 5.97 Å². The van der Waals surface area contributed by atoms with Gasteiger partial charge in [-0.25, -0.2) is 4.79 Å². The number of aryl methyl sites for hydroxylation is 1. The Bertz CT molecular complexity index is 413. The first-order valence-corrected chi connectivity index (χ1v) is 6.70. The molecular weight excluding hydrogens is 280 g/mol. The number of hydrogen-bond donors (Lipinski definition) is 1. The van der Waals surface area contributed by atoms with Crippen LogP contribution in [0.3, 0.4) is 0 Å². The predicted octanol–water partition coefficient (Wildman–Crippen LogP) is 1.48. The molecule has 1 rings (SSSR count). The molecule has 0 bridgehead atoms. The molecule has 0 aromatic carbocycles. The monoisotopic (exact) mass is 302 g/mol. The molecule has 0 spiro atoms. The van der Waals surface area contributed by atoms with Crippen LogP contribution < -0.4 is 0 Å². The molecule has 0 saturated heterocycles. The predicted molar refractivity (Wildman–Crippen MR) is 73.6 cm³/mol. The van der Waals surface area contributed by atoms with Gasteiger partial charge in [0.2, 0.25) is 0 Å². The molecule has 0 radical (unpaired) electrons. The van der Waals surface area contributed by atoms with Crippen molar-refractivity contribution in [1.82, 2.24) is 0 Å². The number of carboxylic acid groups (broad SMARTS) is 1. The highest BCUT2D eigenvalue weighted by Gasteiger charge is 2.13. The van der Waals surface area contributed by atoms with Crippen LogP contribution in [0.4, 0.5) is 0 Å². The van der Waals surface area contributed by atoms with Crippen molar-refractivity contribution < 1.29 is 33.3 Å². The number of methoxy groups -OCH3 is 1. The van der Waals surface area contributed by atoms with Gasteiger partial charge in [0.15, 0.2) is 0 Å². The number of ether oxygens (including phenoxy) is 4. The average molecular weight is 302 g/mol. The fourth-order valence-corrected chi connectivity index (χ4v) is 1.58. The quantitative estimate of drug-likeness (QED) is 0.585. The van der Waals surface area contributed by atoms with E-state index in [2.05, 4.69) is 0 Å². The summed E-state index contributed by atoms with van der Waals surface area (Å²) >= 11 is 0. The summed E-state index contributed by atoms with van der Waals surface area (Å²) in [5.41, 5.74) is 0.165. The Morgan fingerprint density at radius 1 is 1.10 bits per heavy atom. The zero-order valence-electron chi connectivity index (χ0n) is 12.4. The Morgan fingerprint density at radius 3 is 2.19 bits per heavy atom. The summed E-state index contributed by atoms with van der Waals surface area (Å²) in [6, 6.07) is 1.47. The normalized spacial score (nSPS) is 11.0. The molecule has 1 heterocycles. The summed E-state index contributed by atoms with van der Waals surface area (Å²) in [5, 5.41) is 8.88. The van der Waals surface area contributed by atoms with Crippen LogP contribution in [0.2, 0.25) is 0 Å². The van der Waals surface area contributed by atoms with Crippen LogP contribution in [0, 0.1) is 6.92 Å². The van der Waals surface area contributed by atoms with Gasteiger partial charge in [-0.3, -0.25) is 0 Å². The van der Waals surface area contributed by atoms with Gasteiger partial charge in [0.25, 0.3) is 0 Å². The van der Waals surface area contributed by atoms with Gasteiger partial charge in [0.05, 0.1) is 39.6 Å². The molecule has 0 atom stereocenters. The van der Waals surface area contributed by atoms with Crippen molar-refractivity contribution in [1.29, 1.82) is 0 Å². The summed E-state index contributed by atoms with van der Waals surface area (Å²) in [6.45, 7) is 4.82. The minimum Gasteiger partial charge on any atom is -0.478 e. The Labute approximate surface area is 123 Å². The molecule has 1 aromatic heterocycles. The largest absolute Gasteiger partial charge is 0.478 e. The standard InChI is InChI=1S/C14H22O7/c1-11-13(14(15)16)9-12(21-11)10-20-8-7-19-6-5-18-4-3-17-2/h9H,3-8,10H2,1-2H3,(H,15,16). The van der Waals surface area contributed by atoms with E-state index in [1.54, 1.807) is 14.0 Å². The van der Waals surface area contributed by atoms with Gasteiger partial charge in [-0.2, -0.15) is 0 Å². The zero-order chi connectivity index (χ0) is 15.5. The second-order valence-electron chi connectivity index (χ2n) is 4.26. The lowest BCUT2D eigenvalue weighted by atomic mass is 10.2. The third kappa shape index (κ3) is 7.24. The lowest BCUT2D eigenvalue weighted by molar-refractivity contribution is -0.00132. The van der Waals surface area contributed by atoms with Gasteiger partial charge in [-0.05, 0) is 13.0 Å². The smallest absolute Gasteiger partial charge is 0.339 e. The first kappa shape index (κ1) is 17.6. The van der Waals surface area contributed by atoms with E-state index >= 15 is 0 Å². The second kappa shape index (κ2) is 10.3. The number of hydrogen-bond acceptors (Lipinski definition) is 6. The third-order valence-electron chi connectivity index (χ3n) is 2.62. The molecule has 0 saturated carbocycles. The molecule has 0 aliphatic rings. The molecule has 0 amide bonds. The summed E-state index contributed by atoms with van der Waals surface area (Å²) in [5.74, 6) is -0.127. The summed E-state index contributed by atoms with van der Waals surface area (Å²) in [6.07, 6.45) is 0. The van der Waals surface area contributed by atoms with E-state index in [-0.39, 0.29) is 12.2 Å². The number of carbonyl (C=O) groups is 1. The lowest BCUT2D eigenvalue weighted by Gasteiger charge is -2.05. The maximum Gasteiger partial charge on any atom is 0.339 e. The average Bonchev–Trinajstić information content (AvgIpc) is 2.82. The Kier molecular flexibility index (Phi) is 8.68. The molecule has 0 aliphatic heterocycles. The molecule has 120 valence electrons. The summed E-state index contributed by atoms with van der Waals surface area (Å²) < 4.78 is 26.0. The molecule has 7 nitrogen and oxygen atoms in total. The highest BCUT2D eigenvalue weighted by molar-refractivity contribution is 5.88. The highest BCUT2D eigenvalue weighted by Crippen LogP contribution is 2.15. The van der Waals surface area contributed by atoms with E-state index in [4.69, 9.17) is 28.5 Å². The SMILES string of the molecule is COCCOCCOCCOCc1cc(C(=O)O)c(C)o1. The van der Waals surface area contributed by atoms with Gasteiger partial charge in [-0.15, -0.1) is 0 Å². The summed E-state index contributed by atoms with van der Waals surface area (Å²) in [4.78, 5) is 10.8. The van der Waals surface area contributed by atoms with Crippen molar-refractivity contribution >= 4 is 5.97 Å². The van der Waals surface area contributed by atoms with Gasteiger partial charge in [0, 0.05) is 7.11 Å². The third-order valence-corrected chi connectivity index (χ3v) is 2.62. The van der Waals surface area contributed by atoms with Crippen molar-refractivity contribution in [3.8, 4) is 0 Å². The van der Waals surface area contributed by atoms with Gasteiger partial charge in [0.1, 0.15) is 23.7 Å². The minimum atomic E-state index is -1.00. The van der Waals surface area contributed by atoms with Crippen LogP contribution in [0.15, 0.2) is 10.5 Å². The van der Waals surface area contributed by atoms with E-state index in [1.165, 1.54) is 6.07 Å². The molecule has 1 N–H and O–H groups in total. The van der Waals surface area contributed by atoms with Crippen LogP contribution in [0.5, 0.6) is 0 Å². The van der Waals surface area contributed by atoms with Crippen molar-refractivity contribution in [3.05, 3.63) is 23.2 Å². The molecule has 7 heteroatoms. The molecule has 21 heavy (non-hydrogen) atoms. The molecule has 0 aliphatic carbocycles. The molecule has 0 unspecified atom stereocenters. The first-order chi connectivity index (χ1) is 10.1. The number of furan rings is 1. The Hall–Kier alpha value is -1.41. The number of aromatic carboxylic acids is 1. The molecule has 1 aromatic rings. The topological polar surface area (TPSA) is 87.4 Å².